The van der Waals surface area contributed by atoms with Gasteiger partial charge in [0.1, 0.15) is 0 Å². The van der Waals surface area contributed by atoms with E-state index in [1.54, 1.807) is 0 Å². The highest BCUT2D eigenvalue weighted by Gasteiger charge is 2.29. The number of H-pyrrole nitrogens is 1. The topological polar surface area (TPSA) is 75.5 Å². The van der Waals surface area contributed by atoms with Crippen molar-refractivity contribution in [2.24, 2.45) is 0 Å². The number of hydrogen-bond donors (Lipinski definition) is 1. The van der Waals surface area contributed by atoms with Crippen molar-refractivity contribution in [3.05, 3.63) is 53.6 Å². The molecule has 162 valence electrons. The summed E-state index contributed by atoms with van der Waals surface area (Å²) in [5.41, 5.74) is 2.64. The lowest BCUT2D eigenvalue weighted by atomic mass is 10.1. The van der Waals surface area contributed by atoms with Crippen molar-refractivity contribution in [2.45, 2.75) is 39.0 Å². The zero-order valence-corrected chi connectivity index (χ0v) is 17.4. The van der Waals surface area contributed by atoms with Gasteiger partial charge in [0.25, 0.3) is 0 Å². The molecule has 0 saturated carbocycles. The monoisotopic (exact) mass is 429 g/mol. The Hall–Kier alpha value is -3.43. The van der Waals surface area contributed by atoms with Crippen LogP contribution in [0.1, 0.15) is 25.0 Å². The quantitative estimate of drug-likeness (QED) is 0.494. The molecule has 0 bridgehead atoms. The molecule has 2 aromatic heterocycles. The number of alkyl halides is 3. The fraction of sp³-hybridized carbons (Fsp3) is 0.333. The molecule has 0 saturated heterocycles. The second kappa shape index (κ2) is 8.01. The number of benzene rings is 2. The summed E-state index contributed by atoms with van der Waals surface area (Å²) in [6.07, 6.45) is -3.83. The number of anilines is 1. The maximum Gasteiger partial charge on any atom is 0.416 e. The first-order chi connectivity index (χ1) is 14.7. The van der Waals surface area contributed by atoms with Crippen LogP contribution in [-0.2, 0) is 19.1 Å². The lowest BCUT2D eigenvalue weighted by Crippen LogP contribution is -2.26. The van der Waals surface area contributed by atoms with Crippen LogP contribution in [0.5, 0.6) is 0 Å². The third kappa shape index (κ3) is 4.52. The standard InChI is InChI=1S/C21H22F3N7/c1-13(2)30(3)20-25-17-9-6-15(12-18(17)26-20)19-27-29-31(28-19)11-10-14-4-7-16(8-5-14)21(22,23)24/h4-9,12-13H,10-11H2,1-3H3,(H,25,26). The highest BCUT2D eigenvalue weighted by molar-refractivity contribution is 5.82. The SMILES string of the molecule is CC(C)N(C)c1nc2ccc(-c3nnn(CCc4ccc(C(F)(F)F)cc4)n3)cc2[nH]1. The van der Waals surface area contributed by atoms with Crippen LogP contribution in [0.3, 0.4) is 0 Å². The third-order valence-electron chi connectivity index (χ3n) is 5.17. The molecule has 4 rings (SSSR count). The zero-order valence-electron chi connectivity index (χ0n) is 17.4. The molecule has 0 amide bonds. The first kappa shape index (κ1) is 20.8. The molecule has 2 heterocycles. The van der Waals surface area contributed by atoms with Crippen molar-refractivity contribution in [3.63, 3.8) is 0 Å². The average Bonchev–Trinajstić information content (AvgIpc) is 3.37. The van der Waals surface area contributed by atoms with Gasteiger partial charge in [0, 0.05) is 18.7 Å². The Morgan fingerprint density at radius 1 is 1.10 bits per heavy atom. The Bertz CT molecular complexity index is 1180. The number of rotatable bonds is 6. The maximum atomic E-state index is 12.7. The number of halogens is 3. The highest BCUT2D eigenvalue weighted by atomic mass is 19.4. The minimum atomic E-state index is -4.33. The van der Waals surface area contributed by atoms with Crippen molar-refractivity contribution < 1.29 is 13.2 Å². The normalized spacial score (nSPS) is 12.1. The lowest BCUT2D eigenvalue weighted by Gasteiger charge is -2.19. The van der Waals surface area contributed by atoms with Gasteiger partial charge in [-0.05, 0) is 61.4 Å². The van der Waals surface area contributed by atoms with Crippen LogP contribution in [0, 0.1) is 0 Å². The Balaban J connectivity index is 1.46. The van der Waals surface area contributed by atoms with E-state index >= 15 is 0 Å². The molecule has 4 aromatic rings. The van der Waals surface area contributed by atoms with E-state index in [2.05, 4.69) is 44.1 Å². The Kier molecular flexibility index (Phi) is 5.38. The van der Waals surface area contributed by atoms with Gasteiger partial charge in [-0.2, -0.15) is 18.0 Å². The van der Waals surface area contributed by atoms with Gasteiger partial charge in [-0.3, -0.25) is 0 Å². The summed E-state index contributed by atoms with van der Waals surface area (Å²) in [7, 11) is 1.98. The van der Waals surface area contributed by atoms with Gasteiger partial charge in [0.2, 0.25) is 11.8 Å². The molecule has 2 aromatic carbocycles. The lowest BCUT2D eigenvalue weighted by molar-refractivity contribution is -0.137. The maximum absolute atomic E-state index is 12.7. The number of hydrogen-bond acceptors (Lipinski definition) is 5. The van der Waals surface area contributed by atoms with E-state index in [1.807, 2.05) is 25.2 Å². The van der Waals surface area contributed by atoms with Crippen molar-refractivity contribution in [2.75, 3.05) is 11.9 Å². The average molecular weight is 429 g/mol. The molecular formula is C21H22F3N7. The number of nitrogens with zero attached hydrogens (tertiary/aromatic N) is 6. The van der Waals surface area contributed by atoms with Crippen molar-refractivity contribution in [1.82, 2.24) is 30.2 Å². The molecule has 10 heteroatoms. The predicted octanol–water partition coefficient (Wildman–Crippen LogP) is 4.32. The summed E-state index contributed by atoms with van der Waals surface area (Å²) < 4.78 is 38.0. The molecule has 0 unspecified atom stereocenters. The Morgan fingerprint density at radius 3 is 2.52 bits per heavy atom. The van der Waals surface area contributed by atoms with Crippen LogP contribution in [0.15, 0.2) is 42.5 Å². The largest absolute Gasteiger partial charge is 0.416 e. The minimum absolute atomic E-state index is 0.311. The smallest absolute Gasteiger partial charge is 0.343 e. The second-order valence-electron chi connectivity index (χ2n) is 7.65. The molecule has 1 N–H and O–H groups in total. The van der Waals surface area contributed by atoms with Gasteiger partial charge < -0.3 is 9.88 Å². The number of imidazole rings is 1. The molecule has 0 aliphatic rings. The summed E-state index contributed by atoms with van der Waals surface area (Å²) in [6, 6.07) is 11.1. The van der Waals surface area contributed by atoms with Gasteiger partial charge in [0.15, 0.2) is 0 Å². The summed E-state index contributed by atoms with van der Waals surface area (Å²) in [6.45, 7) is 4.59. The fourth-order valence-electron chi connectivity index (χ4n) is 3.09. The molecule has 7 nitrogen and oxygen atoms in total. The molecular weight excluding hydrogens is 407 g/mol. The van der Waals surface area contributed by atoms with Gasteiger partial charge in [-0.15, -0.1) is 10.2 Å². The summed E-state index contributed by atoms with van der Waals surface area (Å²) >= 11 is 0. The molecule has 0 spiro atoms. The molecule has 0 fully saturated rings. The highest BCUT2D eigenvalue weighted by Crippen LogP contribution is 2.29. The summed E-state index contributed by atoms with van der Waals surface area (Å²) in [4.78, 5) is 11.4. The van der Waals surface area contributed by atoms with Crippen LogP contribution >= 0.6 is 0 Å². The van der Waals surface area contributed by atoms with Gasteiger partial charge in [-0.25, -0.2) is 4.98 Å². The van der Waals surface area contributed by atoms with Crippen LogP contribution in [-0.4, -0.2) is 43.3 Å². The molecule has 0 aliphatic heterocycles. The van der Waals surface area contributed by atoms with E-state index in [-0.39, 0.29) is 0 Å². The number of aromatic amines is 1. The van der Waals surface area contributed by atoms with Crippen LogP contribution in [0.25, 0.3) is 22.4 Å². The van der Waals surface area contributed by atoms with Crippen molar-refractivity contribution in [1.29, 1.82) is 0 Å². The van der Waals surface area contributed by atoms with E-state index in [1.165, 1.54) is 16.9 Å². The summed E-state index contributed by atoms with van der Waals surface area (Å²) in [5, 5.41) is 12.6. The van der Waals surface area contributed by atoms with Gasteiger partial charge in [0.05, 0.1) is 23.1 Å². The second-order valence-corrected chi connectivity index (χ2v) is 7.65. The molecule has 31 heavy (non-hydrogen) atoms. The number of aromatic nitrogens is 6. The van der Waals surface area contributed by atoms with E-state index in [0.29, 0.717) is 24.8 Å². The Morgan fingerprint density at radius 2 is 1.84 bits per heavy atom. The third-order valence-corrected chi connectivity index (χ3v) is 5.17. The van der Waals surface area contributed by atoms with Gasteiger partial charge >= 0.3 is 6.18 Å². The zero-order chi connectivity index (χ0) is 22.2. The Labute approximate surface area is 176 Å². The van der Waals surface area contributed by atoms with E-state index in [9.17, 15) is 13.2 Å². The molecule has 0 aliphatic carbocycles. The first-order valence-corrected chi connectivity index (χ1v) is 9.87. The first-order valence-electron chi connectivity index (χ1n) is 9.87. The molecule has 0 radical (unpaired) electrons. The summed E-state index contributed by atoms with van der Waals surface area (Å²) in [5.74, 6) is 1.26. The van der Waals surface area contributed by atoms with Gasteiger partial charge in [-0.1, -0.05) is 12.1 Å². The van der Waals surface area contributed by atoms with E-state index < -0.39 is 11.7 Å². The van der Waals surface area contributed by atoms with Crippen molar-refractivity contribution >= 4 is 17.0 Å². The molecule has 0 atom stereocenters. The number of tetrazole rings is 1. The van der Waals surface area contributed by atoms with Crippen LogP contribution in [0.4, 0.5) is 19.1 Å². The minimum Gasteiger partial charge on any atom is -0.343 e. The van der Waals surface area contributed by atoms with E-state index in [0.717, 1.165) is 40.2 Å². The predicted molar refractivity (Wildman–Crippen MR) is 112 cm³/mol. The van der Waals surface area contributed by atoms with Crippen LogP contribution in [0.2, 0.25) is 0 Å². The van der Waals surface area contributed by atoms with Crippen molar-refractivity contribution in [3.8, 4) is 11.4 Å². The number of fused-ring (bicyclic) bond motifs is 1. The number of nitrogens with one attached hydrogen (secondary N) is 1. The number of aryl methyl sites for hydroxylation is 2. The van der Waals surface area contributed by atoms with E-state index in [4.69, 9.17) is 0 Å². The fourth-order valence-corrected chi connectivity index (χ4v) is 3.09. The van der Waals surface area contributed by atoms with Crippen LogP contribution < -0.4 is 4.90 Å².